The number of aryl methyl sites for hydroxylation is 2. The van der Waals surface area contributed by atoms with Crippen LogP contribution in [-0.4, -0.2) is 49.8 Å². The van der Waals surface area contributed by atoms with Crippen LogP contribution in [0.1, 0.15) is 46.3 Å². The maximum Gasteiger partial charge on any atom is 0.326 e. The lowest BCUT2D eigenvalue weighted by Crippen LogP contribution is -2.41. The minimum absolute atomic E-state index is 0.0403. The number of amides is 1. The molecule has 2 heterocycles. The van der Waals surface area contributed by atoms with E-state index in [9.17, 15) is 24.3 Å². The van der Waals surface area contributed by atoms with Gasteiger partial charge in [-0.2, -0.15) is 4.98 Å². The Morgan fingerprint density at radius 2 is 2.03 bits per heavy atom. The smallest absolute Gasteiger partial charge is 0.326 e. The number of aliphatic carboxylic acids is 2. The fraction of sp³-hybridized carbons (Fsp3) is 0.421. The van der Waals surface area contributed by atoms with Crippen LogP contribution in [0.3, 0.4) is 0 Å². The van der Waals surface area contributed by atoms with E-state index in [0.717, 1.165) is 10.4 Å². The number of carbonyl (C=O) groups is 3. The molecule has 0 saturated heterocycles. The van der Waals surface area contributed by atoms with E-state index in [0.29, 0.717) is 34.8 Å². The molecule has 11 nitrogen and oxygen atoms in total. The number of thiophene rings is 1. The summed E-state index contributed by atoms with van der Waals surface area (Å²) in [4.78, 5) is 54.5. The average Bonchev–Trinajstić information content (AvgIpc) is 3.12. The molecule has 2 aromatic heterocycles. The summed E-state index contributed by atoms with van der Waals surface area (Å²) in [6, 6.07) is 0.630. The SMILES string of the molecule is CCc1cc(CCCSc2c(N)nc(N)[nH]c2=O)sc1C(=O)N[C@@H](CCC(=O)O)C(=O)O. The minimum Gasteiger partial charge on any atom is -0.481 e. The van der Waals surface area contributed by atoms with Crippen LogP contribution in [0.25, 0.3) is 0 Å². The van der Waals surface area contributed by atoms with Crippen LogP contribution < -0.4 is 22.3 Å². The highest BCUT2D eigenvalue weighted by molar-refractivity contribution is 7.99. The van der Waals surface area contributed by atoms with Gasteiger partial charge in [0.2, 0.25) is 5.95 Å². The third kappa shape index (κ3) is 6.99. The fourth-order valence-electron chi connectivity index (χ4n) is 2.87. The first kappa shape index (κ1) is 25.2. The van der Waals surface area contributed by atoms with Crippen molar-refractivity contribution in [2.24, 2.45) is 0 Å². The van der Waals surface area contributed by atoms with E-state index in [-0.39, 0.29) is 30.2 Å². The Balaban J connectivity index is 1.98. The average molecular weight is 484 g/mol. The Labute approximate surface area is 191 Å². The van der Waals surface area contributed by atoms with Gasteiger partial charge in [-0.25, -0.2) is 4.79 Å². The molecule has 2 rings (SSSR count). The van der Waals surface area contributed by atoms with Crippen LogP contribution in [-0.2, 0) is 22.4 Å². The summed E-state index contributed by atoms with van der Waals surface area (Å²) in [5.41, 5.74) is 11.6. The van der Waals surface area contributed by atoms with Crippen molar-refractivity contribution < 1.29 is 24.6 Å². The highest BCUT2D eigenvalue weighted by atomic mass is 32.2. The molecule has 0 spiro atoms. The van der Waals surface area contributed by atoms with E-state index in [4.69, 9.17) is 16.6 Å². The number of nitrogens with two attached hydrogens (primary N) is 2. The van der Waals surface area contributed by atoms with E-state index in [1.807, 2.05) is 13.0 Å². The second-order valence-electron chi connectivity index (χ2n) is 6.83. The molecule has 0 aromatic carbocycles. The number of nitrogens with one attached hydrogen (secondary N) is 2. The third-order valence-corrected chi connectivity index (χ3v) is 6.84. The Morgan fingerprint density at radius 1 is 1.31 bits per heavy atom. The molecule has 0 saturated carbocycles. The van der Waals surface area contributed by atoms with E-state index in [1.165, 1.54) is 23.1 Å². The van der Waals surface area contributed by atoms with Gasteiger partial charge in [0.25, 0.3) is 11.5 Å². The van der Waals surface area contributed by atoms with Gasteiger partial charge in [0.05, 0.1) is 4.88 Å². The van der Waals surface area contributed by atoms with Gasteiger partial charge in [-0.3, -0.25) is 19.4 Å². The number of nitrogen functional groups attached to an aromatic ring is 2. The van der Waals surface area contributed by atoms with Crippen molar-refractivity contribution in [1.82, 2.24) is 15.3 Å². The van der Waals surface area contributed by atoms with Gasteiger partial charge in [-0.15, -0.1) is 23.1 Å². The maximum absolute atomic E-state index is 12.6. The number of carboxylic acids is 2. The summed E-state index contributed by atoms with van der Waals surface area (Å²) in [7, 11) is 0. The number of aromatic nitrogens is 2. The van der Waals surface area contributed by atoms with E-state index >= 15 is 0 Å². The van der Waals surface area contributed by atoms with Crippen LogP contribution >= 0.6 is 23.1 Å². The lowest BCUT2D eigenvalue weighted by Gasteiger charge is -2.13. The van der Waals surface area contributed by atoms with Crippen molar-refractivity contribution in [1.29, 1.82) is 0 Å². The van der Waals surface area contributed by atoms with Crippen molar-refractivity contribution in [3.63, 3.8) is 0 Å². The fourth-order valence-corrected chi connectivity index (χ4v) is 4.94. The standard InChI is InChI=1S/C19H25N5O6S2/c1-2-9-8-10(4-3-7-31-14-15(20)23-19(21)24-17(14)28)32-13(9)16(27)22-11(18(29)30)5-6-12(25)26/h8,11H,2-7H2,1H3,(H,22,27)(H,25,26)(H,29,30)(H5,20,21,23,24,28)/t11-/m0/s1. The number of thioether (sulfide) groups is 1. The topological polar surface area (TPSA) is 201 Å². The molecule has 0 fully saturated rings. The zero-order valence-corrected chi connectivity index (χ0v) is 19.0. The van der Waals surface area contributed by atoms with E-state index < -0.39 is 23.9 Å². The molecule has 174 valence electrons. The summed E-state index contributed by atoms with van der Waals surface area (Å²) in [5, 5.41) is 20.4. The predicted molar refractivity (Wildman–Crippen MR) is 122 cm³/mol. The molecular formula is C19H25N5O6S2. The first-order valence-corrected chi connectivity index (χ1v) is 11.6. The van der Waals surface area contributed by atoms with Crippen LogP contribution in [0.15, 0.2) is 15.8 Å². The van der Waals surface area contributed by atoms with Crippen LogP contribution in [0, 0.1) is 0 Å². The molecular weight excluding hydrogens is 458 g/mol. The molecule has 13 heteroatoms. The highest BCUT2D eigenvalue weighted by Crippen LogP contribution is 2.26. The van der Waals surface area contributed by atoms with Crippen molar-refractivity contribution >= 4 is 52.7 Å². The number of carboxylic acid groups (broad SMARTS) is 2. The highest BCUT2D eigenvalue weighted by Gasteiger charge is 2.24. The van der Waals surface area contributed by atoms with Gasteiger partial charge < -0.3 is 27.0 Å². The number of anilines is 2. The molecule has 1 amide bonds. The summed E-state index contributed by atoms with van der Waals surface area (Å²) in [6.07, 6.45) is 1.39. The Kier molecular flexibility index (Phi) is 9.08. The zero-order chi connectivity index (χ0) is 23.8. The number of carbonyl (C=O) groups excluding carboxylic acids is 1. The molecule has 0 bridgehead atoms. The van der Waals surface area contributed by atoms with Crippen LogP contribution in [0.5, 0.6) is 0 Å². The van der Waals surface area contributed by atoms with Gasteiger partial charge in [0.15, 0.2) is 0 Å². The number of hydrogen-bond acceptors (Lipinski definition) is 9. The van der Waals surface area contributed by atoms with E-state index in [2.05, 4.69) is 15.3 Å². The number of hydrogen-bond donors (Lipinski definition) is 6. The quantitative estimate of drug-likeness (QED) is 0.189. The summed E-state index contributed by atoms with van der Waals surface area (Å²) in [5.74, 6) is -2.31. The van der Waals surface area contributed by atoms with Crippen LogP contribution in [0.2, 0.25) is 0 Å². The molecule has 0 aliphatic heterocycles. The van der Waals surface area contributed by atoms with Gasteiger partial charge in [0.1, 0.15) is 16.8 Å². The Bertz CT molecular complexity index is 1050. The van der Waals surface area contributed by atoms with Gasteiger partial charge in [0, 0.05) is 11.3 Å². The van der Waals surface area contributed by atoms with Crippen molar-refractivity contribution in [3.05, 3.63) is 31.7 Å². The zero-order valence-electron chi connectivity index (χ0n) is 17.3. The number of H-pyrrole nitrogens is 1. The largest absolute Gasteiger partial charge is 0.481 e. The first-order valence-electron chi connectivity index (χ1n) is 9.77. The lowest BCUT2D eigenvalue weighted by atomic mass is 10.1. The lowest BCUT2D eigenvalue weighted by molar-refractivity contribution is -0.140. The maximum atomic E-state index is 12.6. The second-order valence-corrected chi connectivity index (χ2v) is 9.08. The Morgan fingerprint density at radius 3 is 2.62 bits per heavy atom. The predicted octanol–water partition coefficient (Wildman–Crippen LogP) is 1.33. The molecule has 1 atom stereocenters. The second kappa shape index (κ2) is 11.5. The molecule has 0 aliphatic rings. The molecule has 0 aliphatic carbocycles. The monoisotopic (exact) mass is 483 g/mol. The third-order valence-electron chi connectivity index (χ3n) is 4.43. The van der Waals surface area contributed by atoms with Gasteiger partial charge in [-0.1, -0.05) is 6.92 Å². The normalized spacial score (nSPS) is 11.8. The van der Waals surface area contributed by atoms with Crippen molar-refractivity contribution in [2.45, 2.75) is 50.0 Å². The molecule has 2 aromatic rings. The number of aromatic amines is 1. The van der Waals surface area contributed by atoms with Gasteiger partial charge in [-0.05, 0) is 43.1 Å². The molecule has 0 radical (unpaired) electrons. The number of rotatable bonds is 12. The van der Waals surface area contributed by atoms with E-state index in [1.54, 1.807) is 0 Å². The number of nitrogens with zero attached hydrogens (tertiary/aromatic N) is 1. The molecule has 0 unspecified atom stereocenters. The first-order chi connectivity index (χ1) is 15.1. The van der Waals surface area contributed by atoms with Crippen LogP contribution in [0.4, 0.5) is 11.8 Å². The van der Waals surface area contributed by atoms with Gasteiger partial charge >= 0.3 is 11.9 Å². The molecule has 8 N–H and O–H groups in total. The summed E-state index contributed by atoms with van der Waals surface area (Å²) in [6.45, 7) is 1.89. The molecule has 32 heavy (non-hydrogen) atoms. The van der Waals surface area contributed by atoms with Crippen molar-refractivity contribution in [2.75, 3.05) is 17.2 Å². The summed E-state index contributed by atoms with van der Waals surface area (Å²) >= 11 is 2.54. The minimum atomic E-state index is -1.28. The Hall–Kier alpha value is -3.06. The van der Waals surface area contributed by atoms with Crippen molar-refractivity contribution in [3.8, 4) is 0 Å². The summed E-state index contributed by atoms with van der Waals surface area (Å²) < 4.78 is 0.